The van der Waals surface area contributed by atoms with E-state index in [1.165, 1.54) is 4.31 Å². The van der Waals surface area contributed by atoms with E-state index in [1.807, 2.05) is 43.5 Å². The van der Waals surface area contributed by atoms with Gasteiger partial charge in [0.05, 0.1) is 11.5 Å². The zero-order valence-corrected chi connectivity index (χ0v) is 18.4. The van der Waals surface area contributed by atoms with E-state index in [0.717, 1.165) is 28.2 Å². The lowest BCUT2D eigenvalue weighted by atomic mass is 10.2. The number of aryl methyl sites for hydroxylation is 1. The van der Waals surface area contributed by atoms with Crippen molar-refractivity contribution in [2.45, 2.75) is 38.1 Å². The van der Waals surface area contributed by atoms with E-state index in [9.17, 15) is 8.42 Å². The molecule has 7 heteroatoms. The van der Waals surface area contributed by atoms with E-state index in [2.05, 4.69) is 4.98 Å². The van der Waals surface area contributed by atoms with E-state index in [0.29, 0.717) is 19.6 Å². The zero-order valence-electron chi connectivity index (χ0n) is 16.7. The van der Waals surface area contributed by atoms with Crippen molar-refractivity contribution >= 4 is 21.4 Å². The van der Waals surface area contributed by atoms with Crippen molar-refractivity contribution in [1.29, 1.82) is 0 Å². The molecular formula is C22H26N2O3S2. The van der Waals surface area contributed by atoms with E-state index < -0.39 is 10.0 Å². The molecular weight excluding hydrogens is 404 g/mol. The summed E-state index contributed by atoms with van der Waals surface area (Å²) in [6, 6.07) is 12.8. The van der Waals surface area contributed by atoms with Gasteiger partial charge in [0.2, 0.25) is 10.0 Å². The largest absolute Gasteiger partial charge is 0.493 e. The van der Waals surface area contributed by atoms with Crippen molar-refractivity contribution in [2.24, 2.45) is 0 Å². The molecule has 2 heterocycles. The van der Waals surface area contributed by atoms with Crippen LogP contribution in [0.1, 0.15) is 29.3 Å². The van der Waals surface area contributed by atoms with Gasteiger partial charge in [-0.25, -0.2) is 8.42 Å². The highest BCUT2D eigenvalue weighted by molar-refractivity contribution is 7.89. The lowest BCUT2D eigenvalue weighted by Gasteiger charge is -2.22. The number of thiophene rings is 1. The standard InChI is InChI=1S/C22H26N2O3S2/c1-3-13-27-22-9-8-21(15-18(22)2)29(25,26)24(12-10-20-7-5-14-28-20)17-19-6-4-11-23-16-19/h4-9,11,14-16H,3,10,12-13,17H2,1-2H3. The Labute approximate surface area is 177 Å². The number of pyridine rings is 1. The van der Waals surface area contributed by atoms with Crippen LogP contribution in [0.2, 0.25) is 0 Å². The number of nitrogens with zero attached hydrogens (tertiary/aromatic N) is 2. The fourth-order valence-corrected chi connectivity index (χ4v) is 5.19. The average molecular weight is 431 g/mol. The van der Waals surface area contributed by atoms with Crippen molar-refractivity contribution < 1.29 is 13.2 Å². The van der Waals surface area contributed by atoms with Gasteiger partial charge in [0.25, 0.3) is 0 Å². The number of rotatable bonds is 10. The van der Waals surface area contributed by atoms with Gasteiger partial charge in [0.15, 0.2) is 0 Å². The highest BCUT2D eigenvalue weighted by atomic mass is 32.2. The fourth-order valence-electron chi connectivity index (χ4n) is 2.97. The summed E-state index contributed by atoms with van der Waals surface area (Å²) in [6.45, 7) is 5.22. The molecule has 0 saturated carbocycles. The first kappa shape index (κ1) is 21.5. The number of sulfonamides is 1. The molecule has 0 spiro atoms. The van der Waals surface area contributed by atoms with Gasteiger partial charge >= 0.3 is 0 Å². The maximum Gasteiger partial charge on any atom is 0.243 e. The van der Waals surface area contributed by atoms with Gasteiger partial charge in [-0.3, -0.25) is 4.98 Å². The van der Waals surface area contributed by atoms with Gasteiger partial charge in [-0.1, -0.05) is 19.1 Å². The van der Waals surface area contributed by atoms with Crippen LogP contribution in [-0.4, -0.2) is 30.9 Å². The van der Waals surface area contributed by atoms with Crippen LogP contribution in [0.25, 0.3) is 0 Å². The molecule has 2 aromatic heterocycles. The Morgan fingerprint density at radius 2 is 2.03 bits per heavy atom. The quantitative estimate of drug-likeness (QED) is 0.469. The Morgan fingerprint density at radius 3 is 2.69 bits per heavy atom. The topological polar surface area (TPSA) is 59.5 Å². The van der Waals surface area contributed by atoms with Crippen molar-refractivity contribution in [1.82, 2.24) is 9.29 Å². The summed E-state index contributed by atoms with van der Waals surface area (Å²) in [5.74, 6) is 0.725. The first-order chi connectivity index (χ1) is 14.0. The highest BCUT2D eigenvalue weighted by Gasteiger charge is 2.25. The third-order valence-corrected chi connectivity index (χ3v) is 7.29. The average Bonchev–Trinajstić information content (AvgIpc) is 3.24. The van der Waals surface area contributed by atoms with Crippen LogP contribution in [-0.2, 0) is 23.0 Å². The lowest BCUT2D eigenvalue weighted by molar-refractivity contribution is 0.315. The first-order valence-electron chi connectivity index (χ1n) is 9.65. The van der Waals surface area contributed by atoms with Gasteiger partial charge in [-0.05, 0) is 66.6 Å². The number of benzene rings is 1. The second-order valence-corrected chi connectivity index (χ2v) is 9.78. The molecule has 0 radical (unpaired) electrons. The molecule has 0 N–H and O–H groups in total. The molecule has 0 saturated heterocycles. The Hall–Kier alpha value is -2.22. The molecule has 3 rings (SSSR count). The minimum atomic E-state index is -3.66. The fraction of sp³-hybridized carbons (Fsp3) is 0.318. The first-order valence-corrected chi connectivity index (χ1v) is 12.0. The predicted molar refractivity (Wildman–Crippen MR) is 117 cm³/mol. The number of aromatic nitrogens is 1. The maximum absolute atomic E-state index is 13.4. The second kappa shape index (κ2) is 10.0. The van der Waals surface area contributed by atoms with Crippen molar-refractivity contribution in [2.75, 3.05) is 13.2 Å². The molecule has 0 aliphatic rings. The molecule has 29 heavy (non-hydrogen) atoms. The minimum Gasteiger partial charge on any atom is -0.493 e. The highest BCUT2D eigenvalue weighted by Crippen LogP contribution is 2.25. The van der Waals surface area contributed by atoms with Gasteiger partial charge in [-0.15, -0.1) is 11.3 Å². The molecule has 0 fully saturated rings. The van der Waals surface area contributed by atoms with Crippen molar-refractivity contribution in [3.05, 3.63) is 76.2 Å². The monoisotopic (exact) mass is 430 g/mol. The molecule has 3 aromatic rings. The van der Waals surface area contributed by atoms with Crippen LogP contribution in [0, 0.1) is 6.92 Å². The SMILES string of the molecule is CCCOc1ccc(S(=O)(=O)N(CCc2cccs2)Cc2cccnc2)cc1C. The van der Waals surface area contributed by atoms with Crippen molar-refractivity contribution in [3.8, 4) is 5.75 Å². The number of hydrogen-bond donors (Lipinski definition) is 0. The maximum atomic E-state index is 13.4. The number of hydrogen-bond acceptors (Lipinski definition) is 5. The summed E-state index contributed by atoms with van der Waals surface area (Å²) >= 11 is 1.64. The van der Waals surface area contributed by atoms with E-state index in [1.54, 1.807) is 41.9 Å². The molecule has 154 valence electrons. The van der Waals surface area contributed by atoms with Crippen LogP contribution in [0.15, 0.2) is 65.1 Å². The van der Waals surface area contributed by atoms with Gasteiger partial charge < -0.3 is 4.74 Å². The predicted octanol–water partition coefficient (Wildman–Crippen LogP) is 4.67. The summed E-state index contributed by atoms with van der Waals surface area (Å²) in [5, 5.41) is 2.01. The Kier molecular flexibility index (Phi) is 7.41. The third kappa shape index (κ3) is 5.65. The molecule has 5 nitrogen and oxygen atoms in total. The van der Waals surface area contributed by atoms with Crippen LogP contribution in [0.3, 0.4) is 0 Å². The zero-order chi connectivity index (χ0) is 20.7. The van der Waals surface area contributed by atoms with Crippen molar-refractivity contribution in [3.63, 3.8) is 0 Å². The third-order valence-electron chi connectivity index (χ3n) is 4.52. The van der Waals surface area contributed by atoms with Crippen LogP contribution < -0.4 is 4.74 Å². The lowest BCUT2D eigenvalue weighted by Crippen LogP contribution is -2.32. The molecule has 0 amide bonds. The Morgan fingerprint density at radius 1 is 1.17 bits per heavy atom. The van der Waals surface area contributed by atoms with E-state index >= 15 is 0 Å². The number of ether oxygens (including phenoxy) is 1. The molecule has 0 unspecified atom stereocenters. The summed E-state index contributed by atoms with van der Waals surface area (Å²) in [6.07, 6.45) is 4.97. The summed E-state index contributed by atoms with van der Waals surface area (Å²) in [4.78, 5) is 5.57. The summed E-state index contributed by atoms with van der Waals surface area (Å²) in [5.41, 5.74) is 1.68. The molecule has 1 aromatic carbocycles. The Bertz CT molecular complexity index is 1000. The van der Waals surface area contributed by atoms with Crippen LogP contribution >= 0.6 is 11.3 Å². The minimum absolute atomic E-state index is 0.286. The Balaban J connectivity index is 1.86. The van der Waals surface area contributed by atoms with Crippen LogP contribution in [0.5, 0.6) is 5.75 Å². The van der Waals surface area contributed by atoms with E-state index in [-0.39, 0.29) is 11.4 Å². The normalized spacial score (nSPS) is 11.7. The van der Waals surface area contributed by atoms with Crippen LogP contribution in [0.4, 0.5) is 0 Å². The molecule has 0 bridgehead atoms. The summed E-state index contributed by atoms with van der Waals surface area (Å²) < 4.78 is 34.1. The van der Waals surface area contributed by atoms with Gasteiger partial charge in [0.1, 0.15) is 5.75 Å². The molecule has 0 aliphatic carbocycles. The second-order valence-electron chi connectivity index (χ2n) is 6.80. The van der Waals surface area contributed by atoms with Gasteiger partial charge in [0, 0.05) is 30.4 Å². The van der Waals surface area contributed by atoms with Gasteiger partial charge in [-0.2, -0.15) is 4.31 Å². The summed E-state index contributed by atoms with van der Waals surface area (Å²) in [7, 11) is -3.66. The molecule has 0 aliphatic heterocycles. The van der Waals surface area contributed by atoms with E-state index in [4.69, 9.17) is 4.74 Å². The smallest absolute Gasteiger partial charge is 0.243 e. The molecule has 0 atom stereocenters.